The van der Waals surface area contributed by atoms with Gasteiger partial charge in [-0.2, -0.15) is 0 Å². The van der Waals surface area contributed by atoms with Crippen molar-refractivity contribution in [2.45, 2.75) is 44.8 Å². The molecule has 4 nitrogen and oxygen atoms in total. The first-order valence-corrected chi connectivity index (χ1v) is 7.84. The summed E-state index contributed by atoms with van der Waals surface area (Å²) in [6.07, 6.45) is 7.52. The molecule has 0 amide bonds. The average molecular weight is 274 g/mol. The largest absolute Gasteiger partial charge is 0.328 e. The zero-order valence-corrected chi connectivity index (χ0v) is 12.5. The third kappa shape index (κ3) is 3.19. The van der Waals surface area contributed by atoms with Crippen LogP contribution in [-0.4, -0.2) is 53.0 Å². The van der Waals surface area contributed by atoms with Gasteiger partial charge in [0.05, 0.1) is 0 Å². The van der Waals surface area contributed by atoms with Crippen LogP contribution >= 0.6 is 0 Å². The van der Waals surface area contributed by atoms with E-state index < -0.39 is 0 Å². The van der Waals surface area contributed by atoms with Gasteiger partial charge in [-0.25, -0.2) is 0 Å². The van der Waals surface area contributed by atoms with Gasteiger partial charge in [-0.05, 0) is 56.5 Å². The number of hydrogen-bond donors (Lipinski definition) is 1. The molecule has 4 heteroatoms. The molecule has 2 aliphatic rings. The lowest BCUT2D eigenvalue weighted by atomic mass is 10.0. The third-order valence-corrected chi connectivity index (χ3v) is 4.88. The minimum absolute atomic E-state index is 0.432. The van der Waals surface area contributed by atoms with Crippen LogP contribution in [-0.2, 0) is 6.54 Å². The van der Waals surface area contributed by atoms with Crippen LogP contribution in [0.5, 0.6) is 0 Å². The van der Waals surface area contributed by atoms with E-state index >= 15 is 0 Å². The van der Waals surface area contributed by atoms with E-state index in [-0.39, 0.29) is 0 Å². The number of aryl methyl sites for hydroxylation is 1. The van der Waals surface area contributed by atoms with Crippen LogP contribution in [0.1, 0.15) is 30.4 Å². The number of rotatable bonds is 3. The summed E-state index contributed by atoms with van der Waals surface area (Å²) in [7, 11) is 0. The molecule has 3 rings (SSSR count). The molecule has 0 aromatic carbocycles. The smallest absolute Gasteiger partial charge is 0.0315 e. The van der Waals surface area contributed by atoms with Crippen LogP contribution in [0.3, 0.4) is 0 Å². The van der Waals surface area contributed by atoms with Crippen LogP contribution in [0.2, 0.25) is 0 Å². The number of nitrogens with two attached hydrogens (primary N) is 1. The van der Waals surface area contributed by atoms with Crippen LogP contribution in [0.15, 0.2) is 18.5 Å². The van der Waals surface area contributed by atoms with Crippen molar-refractivity contribution in [3.8, 4) is 0 Å². The molecular weight excluding hydrogens is 248 g/mol. The predicted octanol–water partition coefficient (Wildman–Crippen LogP) is 1.39. The molecule has 2 aliphatic heterocycles. The molecule has 20 heavy (non-hydrogen) atoms. The fourth-order valence-corrected chi connectivity index (χ4v) is 3.44. The van der Waals surface area contributed by atoms with Crippen LogP contribution in [0.4, 0.5) is 0 Å². The summed E-state index contributed by atoms with van der Waals surface area (Å²) >= 11 is 0. The van der Waals surface area contributed by atoms with Crippen molar-refractivity contribution >= 4 is 0 Å². The van der Waals surface area contributed by atoms with Crippen molar-refractivity contribution in [1.82, 2.24) is 14.8 Å². The molecular formula is C16H26N4. The number of hydrogen-bond acceptors (Lipinski definition) is 4. The number of pyridine rings is 1. The van der Waals surface area contributed by atoms with E-state index in [1.54, 1.807) is 0 Å². The Morgan fingerprint density at radius 2 is 2.05 bits per heavy atom. The summed E-state index contributed by atoms with van der Waals surface area (Å²) < 4.78 is 0. The van der Waals surface area contributed by atoms with Crippen molar-refractivity contribution in [1.29, 1.82) is 0 Å². The average Bonchev–Trinajstić information content (AvgIpc) is 2.91. The fraction of sp³-hybridized carbons (Fsp3) is 0.688. The zero-order chi connectivity index (χ0) is 13.9. The number of piperidine rings is 1. The number of aromatic nitrogens is 1. The van der Waals surface area contributed by atoms with Crippen LogP contribution < -0.4 is 5.73 Å². The SMILES string of the molecule is Cc1ccncc1CN1CCC(N2CCC(N)CC2)C1. The first-order chi connectivity index (χ1) is 9.72. The lowest BCUT2D eigenvalue weighted by Crippen LogP contribution is -2.46. The standard InChI is InChI=1S/C16H26N4/c1-13-2-6-18-10-14(13)11-19-7-5-16(12-19)20-8-3-15(17)4-9-20/h2,6,10,15-16H,3-5,7-9,11-12,17H2,1H3. The van der Waals surface area contributed by atoms with Gasteiger partial charge in [0.1, 0.15) is 0 Å². The van der Waals surface area contributed by atoms with E-state index in [9.17, 15) is 0 Å². The van der Waals surface area contributed by atoms with Gasteiger partial charge in [-0.15, -0.1) is 0 Å². The van der Waals surface area contributed by atoms with E-state index in [1.165, 1.54) is 43.7 Å². The highest BCUT2D eigenvalue weighted by atomic mass is 15.3. The van der Waals surface area contributed by atoms with E-state index in [2.05, 4.69) is 27.8 Å². The minimum Gasteiger partial charge on any atom is -0.328 e. The zero-order valence-electron chi connectivity index (χ0n) is 12.5. The highest BCUT2D eigenvalue weighted by molar-refractivity contribution is 5.21. The molecule has 2 N–H and O–H groups in total. The Morgan fingerprint density at radius 3 is 2.80 bits per heavy atom. The van der Waals surface area contributed by atoms with Gasteiger partial charge in [0.15, 0.2) is 0 Å². The maximum Gasteiger partial charge on any atom is 0.0315 e. The normalized spacial score (nSPS) is 26.2. The summed E-state index contributed by atoms with van der Waals surface area (Å²) in [5, 5.41) is 0. The van der Waals surface area contributed by atoms with Crippen LogP contribution in [0.25, 0.3) is 0 Å². The van der Waals surface area contributed by atoms with Crippen LogP contribution in [0, 0.1) is 6.92 Å². The van der Waals surface area contributed by atoms with Gasteiger partial charge >= 0.3 is 0 Å². The monoisotopic (exact) mass is 274 g/mol. The molecule has 110 valence electrons. The van der Waals surface area contributed by atoms with Crippen molar-refractivity contribution in [2.24, 2.45) is 5.73 Å². The Kier molecular flexibility index (Phi) is 4.34. The van der Waals surface area contributed by atoms with E-state index in [0.717, 1.165) is 25.4 Å². The summed E-state index contributed by atoms with van der Waals surface area (Å²) in [4.78, 5) is 9.48. The highest BCUT2D eigenvalue weighted by Gasteiger charge is 2.29. The Labute approximate surface area is 122 Å². The summed E-state index contributed by atoms with van der Waals surface area (Å²) in [5.41, 5.74) is 8.72. The van der Waals surface area contributed by atoms with E-state index in [4.69, 9.17) is 5.73 Å². The first-order valence-electron chi connectivity index (χ1n) is 7.84. The first kappa shape index (κ1) is 14.0. The summed E-state index contributed by atoms with van der Waals surface area (Å²) in [5.74, 6) is 0. The quantitative estimate of drug-likeness (QED) is 0.905. The van der Waals surface area contributed by atoms with Crippen molar-refractivity contribution in [3.05, 3.63) is 29.6 Å². The second kappa shape index (κ2) is 6.20. The Morgan fingerprint density at radius 1 is 1.25 bits per heavy atom. The third-order valence-electron chi connectivity index (χ3n) is 4.88. The van der Waals surface area contributed by atoms with Gasteiger partial charge in [0.25, 0.3) is 0 Å². The molecule has 0 aliphatic carbocycles. The molecule has 0 spiro atoms. The molecule has 1 aromatic rings. The van der Waals surface area contributed by atoms with Crippen molar-refractivity contribution in [2.75, 3.05) is 26.2 Å². The van der Waals surface area contributed by atoms with Crippen molar-refractivity contribution in [3.63, 3.8) is 0 Å². The van der Waals surface area contributed by atoms with Gasteiger partial charge < -0.3 is 5.73 Å². The lowest BCUT2D eigenvalue weighted by Gasteiger charge is -2.34. The molecule has 0 saturated carbocycles. The Balaban J connectivity index is 1.53. The molecule has 2 fully saturated rings. The topological polar surface area (TPSA) is 45.4 Å². The molecule has 0 bridgehead atoms. The highest BCUT2D eigenvalue weighted by Crippen LogP contribution is 2.21. The number of nitrogens with zero attached hydrogens (tertiary/aromatic N) is 3. The van der Waals surface area contributed by atoms with E-state index in [0.29, 0.717) is 6.04 Å². The number of likely N-dealkylation sites (tertiary alicyclic amines) is 2. The van der Waals surface area contributed by atoms with Gasteiger partial charge in [0.2, 0.25) is 0 Å². The molecule has 0 radical (unpaired) electrons. The van der Waals surface area contributed by atoms with Gasteiger partial charge in [-0.1, -0.05) is 0 Å². The molecule has 1 aromatic heterocycles. The van der Waals surface area contributed by atoms with Crippen molar-refractivity contribution < 1.29 is 0 Å². The second-order valence-corrected chi connectivity index (χ2v) is 6.35. The Bertz CT molecular complexity index is 440. The molecule has 1 unspecified atom stereocenters. The molecule has 2 saturated heterocycles. The van der Waals surface area contributed by atoms with E-state index in [1.807, 2.05) is 12.4 Å². The predicted molar refractivity (Wildman–Crippen MR) is 81.4 cm³/mol. The van der Waals surface area contributed by atoms with Gasteiger partial charge in [0, 0.05) is 44.1 Å². The Hall–Kier alpha value is -0.970. The maximum absolute atomic E-state index is 6.00. The molecule has 1 atom stereocenters. The lowest BCUT2D eigenvalue weighted by molar-refractivity contribution is 0.151. The molecule has 3 heterocycles. The summed E-state index contributed by atoms with van der Waals surface area (Å²) in [6, 6.07) is 3.27. The maximum atomic E-state index is 6.00. The second-order valence-electron chi connectivity index (χ2n) is 6.35. The fourth-order valence-electron chi connectivity index (χ4n) is 3.44. The van der Waals surface area contributed by atoms with Gasteiger partial charge in [-0.3, -0.25) is 14.8 Å². The summed E-state index contributed by atoms with van der Waals surface area (Å²) in [6.45, 7) is 8.00. The minimum atomic E-state index is 0.432.